The van der Waals surface area contributed by atoms with Crippen LogP contribution in [0.4, 0.5) is 0 Å². The standard InChI is InChI=1S/C23H24N2OS/c26-22(24-16-17-27-21-14-8-3-9-15-21)18-25-23(19-10-4-1-5-11-19)20-12-6-2-7-13-20/h1-15,23,25H,16-18H2,(H,24,26). The lowest BCUT2D eigenvalue weighted by atomic mass is 9.99. The first kappa shape index (κ1) is 19.2. The molecule has 3 aromatic carbocycles. The Morgan fingerprint density at radius 1 is 0.778 bits per heavy atom. The number of hydrogen-bond acceptors (Lipinski definition) is 3. The van der Waals surface area contributed by atoms with Crippen molar-refractivity contribution in [1.82, 2.24) is 10.6 Å². The van der Waals surface area contributed by atoms with Crippen molar-refractivity contribution in [2.45, 2.75) is 10.9 Å². The minimum absolute atomic E-state index is 0.00292. The second kappa shape index (κ2) is 10.6. The van der Waals surface area contributed by atoms with E-state index >= 15 is 0 Å². The van der Waals surface area contributed by atoms with Crippen LogP contribution in [0.3, 0.4) is 0 Å². The summed E-state index contributed by atoms with van der Waals surface area (Å²) in [5, 5.41) is 6.38. The smallest absolute Gasteiger partial charge is 0.234 e. The first-order valence-corrected chi connectivity index (χ1v) is 10.1. The molecule has 0 saturated heterocycles. The average Bonchev–Trinajstić information content (AvgIpc) is 2.74. The molecule has 27 heavy (non-hydrogen) atoms. The number of rotatable bonds is 9. The summed E-state index contributed by atoms with van der Waals surface area (Å²) in [6, 6.07) is 30.6. The number of hydrogen-bond donors (Lipinski definition) is 2. The van der Waals surface area contributed by atoms with Crippen LogP contribution in [0.5, 0.6) is 0 Å². The van der Waals surface area contributed by atoms with Crippen LogP contribution in [-0.4, -0.2) is 24.7 Å². The number of thioether (sulfide) groups is 1. The molecule has 138 valence electrons. The number of nitrogens with one attached hydrogen (secondary N) is 2. The van der Waals surface area contributed by atoms with Crippen molar-refractivity contribution >= 4 is 17.7 Å². The lowest BCUT2D eigenvalue weighted by Crippen LogP contribution is -2.37. The van der Waals surface area contributed by atoms with E-state index in [9.17, 15) is 4.79 Å². The Kier molecular flexibility index (Phi) is 7.51. The van der Waals surface area contributed by atoms with Crippen molar-refractivity contribution in [3.8, 4) is 0 Å². The molecule has 0 aromatic heterocycles. The highest BCUT2D eigenvalue weighted by molar-refractivity contribution is 7.99. The second-order valence-electron chi connectivity index (χ2n) is 6.15. The van der Waals surface area contributed by atoms with Gasteiger partial charge in [-0.3, -0.25) is 10.1 Å². The molecule has 3 nitrogen and oxygen atoms in total. The Hall–Kier alpha value is -2.56. The van der Waals surface area contributed by atoms with Gasteiger partial charge in [-0.2, -0.15) is 0 Å². The zero-order valence-corrected chi connectivity index (χ0v) is 16.0. The molecule has 0 unspecified atom stereocenters. The minimum Gasteiger partial charge on any atom is -0.354 e. The maximum absolute atomic E-state index is 12.2. The van der Waals surface area contributed by atoms with Crippen LogP contribution in [0.25, 0.3) is 0 Å². The van der Waals surface area contributed by atoms with Gasteiger partial charge in [0.15, 0.2) is 0 Å². The molecular formula is C23H24N2OS. The Balaban J connectivity index is 1.49. The molecule has 3 rings (SSSR count). The molecule has 3 aromatic rings. The molecule has 0 atom stereocenters. The molecule has 0 radical (unpaired) electrons. The zero-order chi connectivity index (χ0) is 18.7. The van der Waals surface area contributed by atoms with E-state index in [1.54, 1.807) is 11.8 Å². The third-order valence-corrected chi connectivity index (χ3v) is 5.18. The summed E-state index contributed by atoms with van der Waals surface area (Å²) in [7, 11) is 0. The second-order valence-corrected chi connectivity index (χ2v) is 7.32. The highest BCUT2D eigenvalue weighted by atomic mass is 32.2. The van der Waals surface area contributed by atoms with E-state index < -0.39 is 0 Å². The fraction of sp³-hybridized carbons (Fsp3) is 0.174. The number of carbonyl (C=O) groups excluding carboxylic acids is 1. The van der Waals surface area contributed by atoms with Gasteiger partial charge in [0, 0.05) is 17.2 Å². The van der Waals surface area contributed by atoms with E-state index in [4.69, 9.17) is 0 Å². The predicted molar refractivity (Wildman–Crippen MR) is 113 cm³/mol. The van der Waals surface area contributed by atoms with E-state index in [-0.39, 0.29) is 18.5 Å². The third kappa shape index (κ3) is 6.27. The highest BCUT2D eigenvalue weighted by Crippen LogP contribution is 2.21. The Morgan fingerprint density at radius 2 is 1.30 bits per heavy atom. The van der Waals surface area contributed by atoms with E-state index in [2.05, 4.69) is 47.0 Å². The zero-order valence-electron chi connectivity index (χ0n) is 15.2. The predicted octanol–water partition coefficient (Wildman–Crippen LogP) is 4.27. The number of carbonyl (C=O) groups is 1. The molecule has 4 heteroatoms. The monoisotopic (exact) mass is 376 g/mol. The fourth-order valence-corrected chi connectivity index (χ4v) is 3.64. The number of benzene rings is 3. The maximum atomic E-state index is 12.2. The molecule has 0 heterocycles. The van der Waals surface area contributed by atoms with Crippen molar-refractivity contribution in [2.24, 2.45) is 0 Å². The maximum Gasteiger partial charge on any atom is 0.234 e. The van der Waals surface area contributed by atoms with Gasteiger partial charge in [-0.25, -0.2) is 0 Å². The lowest BCUT2D eigenvalue weighted by molar-refractivity contribution is -0.120. The summed E-state index contributed by atoms with van der Waals surface area (Å²) in [5.41, 5.74) is 2.30. The van der Waals surface area contributed by atoms with Crippen molar-refractivity contribution in [2.75, 3.05) is 18.8 Å². The molecule has 0 aliphatic carbocycles. The van der Waals surface area contributed by atoms with Crippen LogP contribution >= 0.6 is 11.8 Å². The normalized spacial score (nSPS) is 10.7. The highest BCUT2D eigenvalue weighted by Gasteiger charge is 2.14. The summed E-state index contributed by atoms with van der Waals surface area (Å²) in [5.74, 6) is 0.872. The Bertz CT molecular complexity index is 770. The van der Waals surface area contributed by atoms with Crippen LogP contribution in [0.15, 0.2) is 95.9 Å². The molecule has 0 aliphatic heterocycles. The van der Waals surface area contributed by atoms with Crippen molar-refractivity contribution in [3.05, 3.63) is 102 Å². The third-order valence-electron chi connectivity index (χ3n) is 4.17. The van der Waals surface area contributed by atoms with Crippen LogP contribution < -0.4 is 10.6 Å². The molecule has 1 amide bonds. The van der Waals surface area contributed by atoms with Crippen LogP contribution in [0, 0.1) is 0 Å². The largest absolute Gasteiger partial charge is 0.354 e. The molecule has 0 fully saturated rings. The van der Waals surface area contributed by atoms with Gasteiger partial charge in [0.1, 0.15) is 0 Å². The average molecular weight is 377 g/mol. The van der Waals surface area contributed by atoms with Crippen LogP contribution in [0.1, 0.15) is 17.2 Å². The molecular weight excluding hydrogens is 352 g/mol. The first-order valence-electron chi connectivity index (χ1n) is 9.11. The van der Waals surface area contributed by atoms with Gasteiger partial charge in [-0.1, -0.05) is 78.9 Å². The van der Waals surface area contributed by atoms with Gasteiger partial charge in [0.05, 0.1) is 12.6 Å². The molecule has 0 bridgehead atoms. The molecule has 0 spiro atoms. The fourth-order valence-electron chi connectivity index (χ4n) is 2.85. The summed E-state index contributed by atoms with van der Waals surface area (Å²) in [6.07, 6.45) is 0. The SMILES string of the molecule is O=C(CNC(c1ccccc1)c1ccccc1)NCCSc1ccccc1. The Morgan fingerprint density at radius 3 is 1.85 bits per heavy atom. The summed E-state index contributed by atoms with van der Waals surface area (Å²) in [4.78, 5) is 13.5. The van der Waals surface area contributed by atoms with Gasteiger partial charge in [-0.05, 0) is 23.3 Å². The van der Waals surface area contributed by atoms with E-state index in [0.717, 1.165) is 16.9 Å². The van der Waals surface area contributed by atoms with Crippen molar-refractivity contribution < 1.29 is 4.79 Å². The van der Waals surface area contributed by atoms with Crippen molar-refractivity contribution in [1.29, 1.82) is 0 Å². The van der Waals surface area contributed by atoms with Gasteiger partial charge >= 0.3 is 0 Å². The van der Waals surface area contributed by atoms with Crippen LogP contribution in [0.2, 0.25) is 0 Å². The molecule has 0 aliphatic rings. The van der Waals surface area contributed by atoms with Gasteiger partial charge in [-0.15, -0.1) is 11.8 Å². The van der Waals surface area contributed by atoms with Gasteiger partial charge < -0.3 is 5.32 Å². The van der Waals surface area contributed by atoms with Crippen molar-refractivity contribution in [3.63, 3.8) is 0 Å². The molecule has 0 saturated carbocycles. The summed E-state index contributed by atoms with van der Waals surface area (Å²) in [6.45, 7) is 0.936. The minimum atomic E-state index is -0.00292. The Labute approximate surface area is 165 Å². The van der Waals surface area contributed by atoms with Gasteiger partial charge in [0.2, 0.25) is 5.91 Å². The summed E-state index contributed by atoms with van der Waals surface area (Å²) >= 11 is 1.75. The summed E-state index contributed by atoms with van der Waals surface area (Å²) < 4.78 is 0. The van der Waals surface area contributed by atoms with Crippen LogP contribution in [-0.2, 0) is 4.79 Å². The number of amides is 1. The van der Waals surface area contributed by atoms with E-state index in [0.29, 0.717) is 6.54 Å². The first-order chi connectivity index (χ1) is 13.3. The molecule has 2 N–H and O–H groups in total. The quantitative estimate of drug-likeness (QED) is 0.433. The van der Waals surface area contributed by atoms with Gasteiger partial charge in [0.25, 0.3) is 0 Å². The lowest BCUT2D eigenvalue weighted by Gasteiger charge is -2.19. The van der Waals surface area contributed by atoms with E-state index in [1.807, 2.05) is 54.6 Å². The van der Waals surface area contributed by atoms with E-state index in [1.165, 1.54) is 4.90 Å². The topological polar surface area (TPSA) is 41.1 Å².